The highest BCUT2D eigenvalue weighted by molar-refractivity contribution is 7.81. The quantitative estimate of drug-likeness (QED) is 0.294. The minimum absolute atomic E-state index is 0.0151. The van der Waals surface area contributed by atoms with E-state index in [4.69, 9.17) is 31.2 Å². The Labute approximate surface area is 181 Å². The van der Waals surface area contributed by atoms with Gasteiger partial charge >= 0.3 is 0 Å². The summed E-state index contributed by atoms with van der Waals surface area (Å²) in [5.74, 6) is -0.195. The van der Waals surface area contributed by atoms with Crippen LogP contribution in [0.15, 0.2) is 45.8 Å². The Bertz CT molecular complexity index is 902. The first-order chi connectivity index (χ1) is 14.3. The topological polar surface area (TPSA) is 88.1 Å². The first-order valence-electron chi connectivity index (χ1n) is 9.55. The molecule has 30 heavy (non-hydrogen) atoms. The number of unbranched alkanes of at least 4 members (excludes halogenated alkanes) is 2. The molecule has 0 unspecified atom stereocenters. The Morgan fingerprint density at radius 1 is 0.733 bits per heavy atom. The van der Waals surface area contributed by atoms with Crippen LogP contribution in [-0.2, 0) is 33.3 Å². The van der Waals surface area contributed by atoms with Crippen LogP contribution in [0, 0.1) is 0 Å². The van der Waals surface area contributed by atoms with Crippen molar-refractivity contribution in [2.45, 2.75) is 39.0 Å². The number of methoxy groups -OCH3 is 4. The van der Waals surface area contributed by atoms with E-state index in [0.717, 1.165) is 12.5 Å². The number of hydrogen-bond acceptors (Lipinski definition) is 8. The predicted octanol–water partition coefficient (Wildman–Crippen LogP) is 3.29. The van der Waals surface area contributed by atoms with E-state index in [2.05, 4.69) is 0 Å². The summed E-state index contributed by atoms with van der Waals surface area (Å²) in [6, 6.07) is 0. The summed E-state index contributed by atoms with van der Waals surface area (Å²) in [4.78, 5) is 37.7. The SMILES string of the molecule is COC1=CC(=O)C(OC)=C(CCCCCC2=C(OC)C(=S)C(C)=C(OC)C2=O)C1=O. The molecule has 0 heterocycles. The van der Waals surface area contributed by atoms with E-state index in [1.807, 2.05) is 0 Å². The van der Waals surface area contributed by atoms with Gasteiger partial charge < -0.3 is 18.9 Å². The Hall–Kier alpha value is -2.74. The summed E-state index contributed by atoms with van der Waals surface area (Å²) in [6.45, 7) is 1.74. The van der Waals surface area contributed by atoms with Gasteiger partial charge in [0, 0.05) is 22.8 Å². The fourth-order valence-electron chi connectivity index (χ4n) is 3.54. The van der Waals surface area contributed by atoms with Crippen molar-refractivity contribution in [1.29, 1.82) is 0 Å². The van der Waals surface area contributed by atoms with E-state index in [1.165, 1.54) is 28.4 Å². The summed E-state index contributed by atoms with van der Waals surface area (Å²) in [5.41, 5.74) is 1.41. The maximum absolute atomic E-state index is 12.7. The van der Waals surface area contributed by atoms with Crippen molar-refractivity contribution in [2.75, 3.05) is 28.4 Å². The lowest BCUT2D eigenvalue weighted by Crippen LogP contribution is -2.24. The maximum Gasteiger partial charge on any atom is 0.227 e. The van der Waals surface area contributed by atoms with E-state index in [0.29, 0.717) is 53.0 Å². The number of Topliss-reactive ketones (excluding diaryl/α,β-unsaturated/α-hetero) is 2. The molecular formula is C22H26O7S. The zero-order valence-electron chi connectivity index (χ0n) is 17.9. The molecule has 7 nitrogen and oxygen atoms in total. The van der Waals surface area contributed by atoms with E-state index in [-0.39, 0.29) is 34.6 Å². The van der Waals surface area contributed by atoms with Gasteiger partial charge in [0.05, 0.1) is 33.3 Å². The van der Waals surface area contributed by atoms with E-state index >= 15 is 0 Å². The van der Waals surface area contributed by atoms with Gasteiger partial charge in [0.1, 0.15) is 5.76 Å². The van der Waals surface area contributed by atoms with Crippen LogP contribution in [0.4, 0.5) is 0 Å². The molecule has 0 aromatic rings. The van der Waals surface area contributed by atoms with Crippen molar-refractivity contribution in [2.24, 2.45) is 0 Å². The molecule has 2 rings (SSSR count). The zero-order valence-corrected chi connectivity index (χ0v) is 18.7. The van der Waals surface area contributed by atoms with Crippen molar-refractivity contribution in [1.82, 2.24) is 0 Å². The summed E-state index contributed by atoms with van der Waals surface area (Å²) < 4.78 is 20.7. The number of carbonyl (C=O) groups is 3. The second-order valence-electron chi connectivity index (χ2n) is 6.81. The number of hydrogen-bond donors (Lipinski definition) is 0. The van der Waals surface area contributed by atoms with Crippen molar-refractivity contribution >= 4 is 34.4 Å². The molecule has 8 heteroatoms. The largest absolute Gasteiger partial charge is 0.495 e. The highest BCUT2D eigenvalue weighted by atomic mass is 32.1. The molecule has 2 aliphatic carbocycles. The van der Waals surface area contributed by atoms with Gasteiger partial charge in [-0.05, 0) is 32.6 Å². The fourth-order valence-corrected chi connectivity index (χ4v) is 3.84. The third-order valence-corrected chi connectivity index (χ3v) is 5.58. The molecule has 0 spiro atoms. The first-order valence-corrected chi connectivity index (χ1v) is 9.96. The van der Waals surface area contributed by atoms with Gasteiger partial charge in [0.2, 0.25) is 17.3 Å². The third-order valence-electron chi connectivity index (χ3n) is 5.09. The molecule has 0 bridgehead atoms. The van der Waals surface area contributed by atoms with Crippen LogP contribution >= 0.6 is 12.2 Å². The van der Waals surface area contributed by atoms with Crippen LogP contribution in [0.1, 0.15) is 39.0 Å². The smallest absolute Gasteiger partial charge is 0.227 e. The van der Waals surface area contributed by atoms with Crippen molar-refractivity contribution in [3.05, 3.63) is 45.8 Å². The molecule has 0 aliphatic heterocycles. The summed E-state index contributed by atoms with van der Waals surface area (Å²) in [7, 11) is 5.65. The first kappa shape index (κ1) is 23.5. The van der Waals surface area contributed by atoms with E-state index in [1.54, 1.807) is 6.92 Å². The predicted molar refractivity (Wildman–Crippen MR) is 114 cm³/mol. The Morgan fingerprint density at radius 2 is 1.27 bits per heavy atom. The standard InChI is InChI=1S/C22H26O7S/c1-12-19(27-3)18(25)14(21(29-5)22(12)30)10-8-6-7-9-13-17(24)16(26-2)11-15(23)20(13)28-4/h11H,6-10H2,1-5H3. The molecule has 0 N–H and O–H groups in total. The molecule has 0 saturated heterocycles. The normalized spacial score (nSPS) is 17.6. The lowest BCUT2D eigenvalue weighted by atomic mass is 9.90. The number of rotatable bonds is 10. The van der Waals surface area contributed by atoms with Crippen LogP contribution < -0.4 is 0 Å². The highest BCUT2D eigenvalue weighted by Gasteiger charge is 2.32. The van der Waals surface area contributed by atoms with Gasteiger partial charge in [0.25, 0.3) is 0 Å². The lowest BCUT2D eigenvalue weighted by Gasteiger charge is -2.22. The van der Waals surface area contributed by atoms with E-state index < -0.39 is 0 Å². The molecule has 2 aliphatic rings. The average molecular weight is 435 g/mol. The minimum Gasteiger partial charge on any atom is -0.495 e. The van der Waals surface area contributed by atoms with E-state index in [9.17, 15) is 14.4 Å². The van der Waals surface area contributed by atoms with Crippen LogP contribution in [-0.4, -0.2) is 50.7 Å². The zero-order chi connectivity index (χ0) is 22.4. The monoisotopic (exact) mass is 434 g/mol. The highest BCUT2D eigenvalue weighted by Crippen LogP contribution is 2.30. The molecule has 0 radical (unpaired) electrons. The molecule has 0 fully saturated rings. The Morgan fingerprint density at radius 3 is 1.77 bits per heavy atom. The number of carbonyl (C=O) groups excluding carboxylic acids is 3. The summed E-state index contributed by atoms with van der Waals surface area (Å²) in [5, 5.41) is 0. The van der Waals surface area contributed by atoms with Crippen LogP contribution in [0.3, 0.4) is 0 Å². The van der Waals surface area contributed by atoms with Crippen molar-refractivity contribution < 1.29 is 33.3 Å². The number of ketones is 3. The average Bonchev–Trinajstić information content (AvgIpc) is 2.73. The maximum atomic E-state index is 12.7. The third kappa shape index (κ3) is 4.53. The summed E-state index contributed by atoms with van der Waals surface area (Å²) in [6.07, 6.45) is 4.02. The Balaban J connectivity index is 2.02. The molecule has 162 valence electrons. The van der Waals surface area contributed by atoms with Gasteiger partial charge in [-0.1, -0.05) is 18.6 Å². The van der Waals surface area contributed by atoms with Gasteiger partial charge in [-0.2, -0.15) is 0 Å². The molecule has 0 amide bonds. The molecular weight excluding hydrogens is 408 g/mol. The van der Waals surface area contributed by atoms with Crippen molar-refractivity contribution in [3.8, 4) is 0 Å². The Kier molecular flexibility index (Phi) is 8.11. The van der Waals surface area contributed by atoms with Crippen LogP contribution in [0.2, 0.25) is 0 Å². The van der Waals surface area contributed by atoms with Crippen LogP contribution in [0.25, 0.3) is 0 Å². The summed E-state index contributed by atoms with van der Waals surface area (Å²) >= 11 is 5.40. The molecule has 0 saturated carbocycles. The lowest BCUT2D eigenvalue weighted by molar-refractivity contribution is -0.120. The second kappa shape index (κ2) is 10.3. The van der Waals surface area contributed by atoms with Crippen LogP contribution in [0.5, 0.6) is 0 Å². The second-order valence-corrected chi connectivity index (χ2v) is 7.22. The fraction of sp³-hybridized carbons (Fsp3) is 0.455. The number of ether oxygens (including phenoxy) is 4. The molecule has 0 atom stereocenters. The van der Waals surface area contributed by atoms with Gasteiger partial charge in [-0.15, -0.1) is 0 Å². The van der Waals surface area contributed by atoms with Crippen molar-refractivity contribution in [3.63, 3.8) is 0 Å². The minimum atomic E-state index is -0.380. The molecule has 0 aromatic carbocycles. The van der Waals surface area contributed by atoms with Gasteiger partial charge in [0.15, 0.2) is 17.3 Å². The number of allylic oxidation sites excluding steroid dienone is 4. The van der Waals surface area contributed by atoms with Gasteiger partial charge in [-0.25, -0.2) is 0 Å². The van der Waals surface area contributed by atoms with Gasteiger partial charge in [-0.3, -0.25) is 14.4 Å². The number of thiocarbonyl (C=S) groups is 1. The molecule has 0 aromatic heterocycles.